The van der Waals surface area contributed by atoms with E-state index < -0.39 is 5.54 Å². The first kappa shape index (κ1) is 14.1. The fraction of sp³-hybridized carbons (Fsp3) is 0.562. The predicted octanol–water partition coefficient (Wildman–Crippen LogP) is 3.21. The van der Waals surface area contributed by atoms with Gasteiger partial charge in [0.1, 0.15) is 0 Å². The normalized spacial score (nSPS) is 20.9. The van der Waals surface area contributed by atoms with Gasteiger partial charge < -0.3 is 10.6 Å². The first-order valence-corrected chi connectivity index (χ1v) is 8.23. The largest absolute Gasteiger partial charge is 0.334 e. The number of carbonyl (C=O) groups excluding carboxylic acids is 1. The minimum absolute atomic E-state index is 0.160. The summed E-state index contributed by atoms with van der Waals surface area (Å²) in [6, 6.07) is 8.51. The molecular weight excluding hydrogens is 316 g/mol. The number of halogens is 1. The predicted molar refractivity (Wildman–Crippen MR) is 83.1 cm³/mol. The molecule has 0 aromatic heterocycles. The molecule has 1 aromatic rings. The summed E-state index contributed by atoms with van der Waals surface area (Å²) in [7, 11) is 0. The Kier molecular flexibility index (Phi) is 3.87. The Morgan fingerprint density at radius 3 is 2.55 bits per heavy atom. The van der Waals surface area contributed by atoms with Crippen molar-refractivity contribution in [3.05, 3.63) is 34.3 Å². The molecule has 0 aliphatic heterocycles. The van der Waals surface area contributed by atoms with Crippen LogP contribution in [0.3, 0.4) is 0 Å². The van der Waals surface area contributed by atoms with Crippen LogP contribution in [0, 0.1) is 0 Å². The maximum absolute atomic E-state index is 12.9. The van der Waals surface area contributed by atoms with Gasteiger partial charge in [0, 0.05) is 17.1 Å². The van der Waals surface area contributed by atoms with Crippen LogP contribution in [0.2, 0.25) is 0 Å². The van der Waals surface area contributed by atoms with Crippen molar-refractivity contribution >= 4 is 21.8 Å². The zero-order chi connectivity index (χ0) is 14.2. The van der Waals surface area contributed by atoms with Gasteiger partial charge in [0.25, 0.3) is 0 Å². The Balaban J connectivity index is 1.79. The Morgan fingerprint density at radius 2 is 1.95 bits per heavy atom. The zero-order valence-electron chi connectivity index (χ0n) is 11.6. The summed E-state index contributed by atoms with van der Waals surface area (Å²) in [5, 5.41) is 0. The number of carbonyl (C=O) groups is 1. The smallest absolute Gasteiger partial charge is 0.243 e. The van der Waals surface area contributed by atoms with Crippen molar-refractivity contribution in [3.63, 3.8) is 0 Å². The highest BCUT2D eigenvalue weighted by molar-refractivity contribution is 9.10. The van der Waals surface area contributed by atoms with Gasteiger partial charge >= 0.3 is 0 Å². The van der Waals surface area contributed by atoms with Crippen LogP contribution in [0.25, 0.3) is 0 Å². The molecule has 3 nitrogen and oxygen atoms in total. The summed E-state index contributed by atoms with van der Waals surface area (Å²) >= 11 is 3.57. The van der Waals surface area contributed by atoms with Gasteiger partial charge in [0.2, 0.25) is 5.91 Å². The lowest BCUT2D eigenvalue weighted by Crippen LogP contribution is -2.54. The third-order valence-electron chi connectivity index (χ3n) is 4.47. The minimum Gasteiger partial charge on any atom is -0.334 e. The lowest BCUT2D eigenvalue weighted by molar-refractivity contribution is -0.138. The maximum atomic E-state index is 12.9. The van der Waals surface area contributed by atoms with E-state index in [1.165, 1.54) is 0 Å². The summed E-state index contributed by atoms with van der Waals surface area (Å²) < 4.78 is 1.07. The van der Waals surface area contributed by atoms with Crippen molar-refractivity contribution in [2.45, 2.75) is 56.7 Å². The summed E-state index contributed by atoms with van der Waals surface area (Å²) in [6.07, 6.45) is 6.07. The van der Waals surface area contributed by atoms with Gasteiger partial charge in [0.05, 0.1) is 5.54 Å². The first-order valence-electron chi connectivity index (χ1n) is 7.43. The molecule has 1 amide bonds. The lowest BCUT2D eigenvalue weighted by Gasteiger charge is -2.32. The molecule has 1 aromatic carbocycles. The van der Waals surface area contributed by atoms with Crippen molar-refractivity contribution in [3.8, 4) is 0 Å². The third-order valence-corrected chi connectivity index (χ3v) is 5.24. The van der Waals surface area contributed by atoms with Crippen LogP contribution in [0.4, 0.5) is 0 Å². The molecule has 0 saturated heterocycles. The second-order valence-electron chi connectivity index (χ2n) is 6.12. The van der Waals surface area contributed by atoms with Gasteiger partial charge in [-0.1, -0.05) is 47.0 Å². The Bertz CT molecular complexity index is 507. The molecule has 2 fully saturated rings. The number of nitrogens with zero attached hydrogens (tertiary/aromatic N) is 1. The SMILES string of the molecule is NC1(C(=O)N(Cc2ccccc2Br)C2CC2)CCCC1. The monoisotopic (exact) mass is 336 g/mol. The standard InChI is InChI=1S/C16H21BrN2O/c17-14-6-2-1-5-12(14)11-19(13-7-8-13)15(20)16(18)9-3-4-10-16/h1-2,5-6,13H,3-4,7-11,18H2. The molecule has 4 heteroatoms. The highest BCUT2D eigenvalue weighted by atomic mass is 79.9. The van der Waals surface area contributed by atoms with Gasteiger partial charge in [-0.25, -0.2) is 0 Å². The topological polar surface area (TPSA) is 46.3 Å². The molecule has 0 unspecified atom stereocenters. The van der Waals surface area contributed by atoms with E-state index in [9.17, 15) is 4.79 Å². The third kappa shape index (κ3) is 2.77. The van der Waals surface area contributed by atoms with Crippen LogP contribution >= 0.6 is 15.9 Å². The van der Waals surface area contributed by atoms with Gasteiger partial charge in [-0.15, -0.1) is 0 Å². The van der Waals surface area contributed by atoms with Crippen LogP contribution in [0.5, 0.6) is 0 Å². The highest BCUT2D eigenvalue weighted by Crippen LogP contribution is 2.35. The van der Waals surface area contributed by atoms with E-state index in [0.717, 1.165) is 48.6 Å². The van der Waals surface area contributed by atoms with E-state index in [2.05, 4.69) is 22.0 Å². The average molecular weight is 337 g/mol. The molecule has 108 valence electrons. The van der Waals surface area contributed by atoms with E-state index in [1.807, 2.05) is 23.1 Å². The van der Waals surface area contributed by atoms with Crippen molar-refractivity contribution in [1.29, 1.82) is 0 Å². The number of rotatable bonds is 4. The molecule has 0 atom stereocenters. The number of benzene rings is 1. The first-order chi connectivity index (χ1) is 9.60. The van der Waals surface area contributed by atoms with Crippen LogP contribution in [0.1, 0.15) is 44.1 Å². The molecule has 0 spiro atoms. The van der Waals surface area contributed by atoms with Gasteiger partial charge in [-0.05, 0) is 37.3 Å². The fourth-order valence-electron chi connectivity index (χ4n) is 3.07. The average Bonchev–Trinajstić information content (AvgIpc) is 3.19. The Hall–Kier alpha value is -0.870. The molecule has 20 heavy (non-hydrogen) atoms. The molecule has 0 bridgehead atoms. The summed E-state index contributed by atoms with van der Waals surface area (Å²) in [6.45, 7) is 0.671. The summed E-state index contributed by atoms with van der Waals surface area (Å²) in [5.74, 6) is 0.160. The highest BCUT2D eigenvalue weighted by Gasteiger charge is 2.44. The molecule has 0 radical (unpaired) electrons. The minimum atomic E-state index is -0.607. The van der Waals surface area contributed by atoms with E-state index in [-0.39, 0.29) is 5.91 Å². The van der Waals surface area contributed by atoms with E-state index in [4.69, 9.17) is 5.73 Å². The van der Waals surface area contributed by atoms with Crippen molar-refractivity contribution in [2.75, 3.05) is 0 Å². The van der Waals surface area contributed by atoms with Crippen molar-refractivity contribution < 1.29 is 4.79 Å². The lowest BCUT2D eigenvalue weighted by atomic mass is 9.96. The molecule has 2 aliphatic carbocycles. The Labute approximate surface area is 128 Å². The Morgan fingerprint density at radius 1 is 1.30 bits per heavy atom. The molecule has 3 rings (SSSR count). The second kappa shape index (κ2) is 5.49. The van der Waals surface area contributed by atoms with E-state index in [1.54, 1.807) is 0 Å². The quantitative estimate of drug-likeness (QED) is 0.917. The number of nitrogens with two attached hydrogens (primary N) is 1. The maximum Gasteiger partial charge on any atom is 0.243 e. The van der Waals surface area contributed by atoms with Crippen molar-refractivity contribution in [2.24, 2.45) is 5.73 Å². The fourth-order valence-corrected chi connectivity index (χ4v) is 3.48. The van der Waals surface area contributed by atoms with Crippen LogP contribution in [0.15, 0.2) is 28.7 Å². The summed E-state index contributed by atoms with van der Waals surface area (Å²) in [5.41, 5.74) is 6.91. The van der Waals surface area contributed by atoms with Gasteiger partial charge in [-0.2, -0.15) is 0 Å². The molecule has 2 saturated carbocycles. The van der Waals surface area contributed by atoms with Crippen molar-refractivity contribution in [1.82, 2.24) is 4.90 Å². The van der Waals surface area contributed by atoms with Gasteiger partial charge in [-0.3, -0.25) is 4.79 Å². The van der Waals surface area contributed by atoms with Crippen LogP contribution in [-0.2, 0) is 11.3 Å². The number of hydrogen-bond acceptors (Lipinski definition) is 2. The molecule has 0 heterocycles. The molecule has 2 aliphatic rings. The second-order valence-corrected chi connectivity index (χ2v) is 6.97. The zero-order valence-corrected chi connectivity index (χ0v) is 13.2. The van der Waals surface area contributed by atoms with Crippen LogP contribution < -0.4 is 5.73 Å². The van der Waals surface area contributed by atoms with E-state index >= 15 is 0 Å². The molecular formula is C16H21BrN2O. The summed E-state index contributed by atoms with van der Waals surface area (Å²) in [4.78, 5) is 14.9. The van der Waals surface area contributed by atoms with Crippen LogP contribution in [-0.4, -0.2) is 22.4 Å². The van der Waals surface area contributed by atoms with Gasteiger partial charge in [0.15, 0.2) is 0 Å². The number of hydrogen-bond donors (Lipinski definition) is 1. The molecule has 2 N–H and O–H groups in total. The number of amides is 1. The van der Waals surface area contributed by atoms with E-state index in [0.29, 0.717) is 12.6 Å².